The van der Waals surface area contributed by atoms with Crippen molar-refractivity contribution in [3.63, 3.8) is 0 Å². The van der Waals surface area contributed by atoms with Gasteiger partial charge in [-0.05, 0) is 25.9 Å². The zero-order valence-electron chi connectivity index (χ0n) is 12.6. The number of likely N-dealkylation sites (tertiary alicyclic amines) is 1. The maximum atomic E-state index is 6.04. The maximum Gasteiger partial charge on any atom is 0.0658 e. The van der Waals surface area contributed by atoms with Crippen LogP contribution in [0.25, 0.3) is 0 Å². The number of methoxy groups -OCH3 is 1. The van der Waals surface area contributed by atoms with E-state index in [2.05, 4.69) is 30.6 Å². The van der Waals surface area contributed by atoms with Crippen LogP contribution in [0.3, 0.4) is 0 Å². The summed E-state index contributed by atoms with van der Waals surface area (Å²) in [7, 11) is 1.78. The predicted molar refractivity (Wildman–Crippen MR) is 76.9 cm³/mol. The van der Waals surface area contributed by atoms with E-state index in [9.17, 15) is 0 Å². The number of likely N-dealkylation sites (N-methyl/N-ethyl adjacent to an activating group) is 1. The van der Waals surface area contributed by atoms with Crippen LogP contribution < -0.4 is 5.73 Å². The highest BCUT2D eigenvalue weighted by molar-refractivity contribution is 4.96. The van der Waals surface area contributed by atoms with Crippen molar-refractivity contribution in [3.8, 4) is 0 Å². The van der Waals surface area contributed by atoms with Gasteiger partial charge in [-0.1, -0.05) is 20.8 Å². The second kappa shape index (κ2) is 7.43. The molecule has 0 aliphatic carbocycles. The first kappa shape index (κ1) is 15.9. The van der Waals surface area contributed by atoms with E-state index in [1.165, 1.54) is 6.42 Å². The van der Waals surface area contributed by atoms with E-state index < -0.39 is 0 Å². The normalized spacial score (nSPS) is 24.7. The highest BCUT2D eigenvalue weighted by Gasteiger charge is 2.39. The summed E-state index contributed by atoms with van der Waals surface area (Å²) in [6.45, 7) is 12.7. The SMILES string of the molecule is CCN(CC)C1CCN(C(CC)(CN)COC)C1. The number of rotatable bonds is 8. The highest BCUT2D eigenvalue weighted by Crippen LogP contribution is 2.26. The average molecular weight is 257 g/mol. The lowest BCUT2D eigenvalue weighted by Crippen LogP contribution is -2.56. The molecule has 2 atom stereocenters. The largest absolute Gasteiger partial charge is 0.383 e. The number of nitrogens with two attached hydrogens (primary N) is 1. The van der Waals surface area contributed by atoms with Crippen LogP contribution in [0.1, 0.15) is 33.6 Å². The van der Waals surface area contributed by atoms with Gasteiger partial charge in [-0.25, -0.2) is 0 Å². The second-order valence-electron chi connectivity index (χ2n) is 5.32. The summed E-state index contributed by atoms with van der Waals surface area (Å²) in [6, 6.07) is 0.689. The molecule has 0 spiro atoms. The summed E-state index contributed by atoms with van der Waals surface area (Å²) in [4.78, 5) is 5.11. The third-order valence-electron chi connectivity index (χ3n) is 4.61. The van der Waals surface area contributed by atoms with Gasteiger partial charge in [0.25, 0.3) is 0 Å². The Bertz CT molecular complexity index is 227. The van der Waals surface area contributed by atoms with Gasteiger partial charge in [0.15, 0.2) is 0 Å². The van der Waals surface area contributed by atoms with Crippen molar-refractivity contribution in [1.82, 2.24) is 9.80 Å². The van der Waals surface area contributed by atoms with Gasteiger partial charge < -0.3 is 10.5 Å². The van der Waals surface area contributed by atoms with E-state index in [4.69, 9.17) is 10.5 Å². The van der Waals surface area contributed by atoms with Crippen molar-refractivity contribution < 1.29 is 4.74 Å². The molecule has 1 heterocycles. The summed E-state index contributed by atoms with van der Waals surface area (Å²) >= 11 is 0. The standard InChI is InChI=1S/C14H31N3O/c1-5-14(11-15,12-18-4)17-9-8-13(10-17)16(6-2)7-3/h13H,5-12,15H2,1-4H3. The highest BCUT2D eigenvalue weighted by atomic mass is 16.5. The topological polar surface area (TPSA) is 41.7 Å². The van der Waals surface area contributed by atoms with Gasteiger partial charge in [0.1, 0.15) is 0 Å². The molecule has 0 amide bonds. The molecule has 4 nitrogen and oxygen atoms in total. The van der Waals surface area contributed by atoms with E-state index in [1.807, 2.05) is 0 Å². The van der Waals surface area contributed by atoms with Gasteiger partial charge in [-0.15, -0.1) is 0 Å². The fourth-order valence-electron chi connectivity index (χ4n) is 3.23. The Hall–Kier alpha value is -0.160. The summed E-state index contributed by atoms with van der Waals surface area (Å²) in [5, 5.41) is 0. The van der Waals surface area contributed by atoms with Crippen molar-refractivity contribution >= 4 is 0 Å². The zero-order chi connectivity index (χ0) is 13.6. The van der Waals surface area contributed by atoms with Crippen molar-refractivity contribution in [2.75, 3.05) is 46.4 Å². The van der Waals surface area contributed by atoms with E-state index >= 15 is 0 Å². The third-order valence-corrected chi connectivity index (χ3v) is 4.61. The van der Waals surface area contributed by atoms with Gasteiger partial charge in [0.05, 0.1) is 12.1 Å². The van der Waals surface area contributed by atoms with Crippen molar-refractivity contribution in [2.45, 2.75) is 45.2 Å². The summed E-state index contributed by atoms with van der Waals surface area (Å²) in [5.41, 5.74) is 6.07. The first-order valence-electron chi connectivity index (χ1n) is 7.35. The number of hydrogen-bond acceptors (Lipinski definition) is 4. The molecule has 0 aromatic rings. The summed E-state index contributed by atoms with van der Waals surface area (Å²) in [6.07, 6.45) is 2.31. The van der Waals surface area contributed by atoms with Crippen LogP contribution in [0.4, 0.5) is 0 Å². The zero-order valence-corrected chi connectivity index (χ0v) is 12.6. The van der Waals surface area contributed by atoms with E-state index in [0.717, 1.165) is 39.2 Å². The lowest BCUT2D eigenvalue weighted by atomic mass is 9.95. The molecule has 0 aromatic carbocycles. The van der Waals surface area contributed by atoms with Crippen LogP contribution in [0.5, 0.6) is 0 Å². The molecule has 1 rings (SSSR count). The molecule has 1 fully saturated rings. The molecule has 0 bridgehead atoms. The fourth-order valence-corrected chi connectivity index (χ4v) is 3.23. The Balaban J connectivity index is 2.67. The first-order chi connectivity index (χ1) is 8.67. The quantitative estimate of drug-likeness (QED) is 0.708. The first-order valence-corrected chi connectivity index (χ1v) is 7.35. The lowest BCUT2D eigenvalue weighted by molar-refractivity contribution is 0.0219. The Kier molecular flexibility index (Phi) is 6.57. The molecular weight excluding hydrogens is 226 g/mol. The van der Waals surface area contributed by atoms with Gasteiger partial charge >= 0.3 is 0 Å². The molecule has 1 saturated heterocycles. The molecule has 0 radical (unpaired) electrons. The van der Waals surface area contributed by atoms with Crippen molar-refractivity contribution in [2.24, 2.45) is 5.73 Å². The molecule has 1 aliphatic heterocycles. The Morgan fingerprint density at radius 1 is 1.33 bits per heavy atom. The molecule has 18 heavy (non-hydrogen) atoms. The van der Waals surface area contributed by atoms with E-state index in [-0.39, 0.29) is 5.54 Å². The summed E-state index contributed by atoms with van der Waals surface area (Å²) < 4.78 is 5.41. The third kappa shape index (κ3) is 3.23. The molecule has 0 aromatic heterocycles. The molecule has 2 N–H and O–H groups in total. The van der Waals surface area contributed by atoms with Gasteiger partial charge in [0, 0.05) is 32.8 Å². The van der Waals surface area contributed by atoms with Gasteiger partial charge in [0.2, 0.25) is 0 Å². The fraction of sp³-hybridized carbons (Fsp3) is 1.00. The van der Waals surface area contributed by atoms with Crippen molar-refractivity contribution in [1.29, 1.82) is 0 Å². The minimum Gasteiger partial charge on any atom is -0.383 e. The van der Waals surface area contributed by atoms with Crippen LogP contribution >= 0.6 is 0 Å². The second-order valence-corrected chi connectivity index (χ2v) is 5.32. The predicted octanol–water partition coefficient (Wildman–Crippen LogP) is 1.16. The molecule has 108 valence electrons. The maximum absolute atomic E-state index is 6.04. The van der Waals surface area contributed by atoms with Crippen LogP contribution in [0.15, 0.2) is 0 Å². The van der Waals surface area contributed by atoms with Crippen LogP contribution in [-0.4, -0.2) is 67.8 Å². The number of nitrogens with zero attached hydrogens (tertiary/aromatic N) is 2. The minimum absolute atomic E-state index is 0.0383. The van der Waals surface area contributed by atoms with Crippen LogP contribution in [0, 0.1) is 0 Å². The smallest absolute Gasteiger partial charge is 0.0658 e. The van der Waals surface area contributed by atoms with Crippen LogP contribution in [-0.2, 0) is 4.74 Å². The summed E-state index contributed by atoms with van der Waals surface area (Å²) in [5.74, 6) is 0. The molecule has 0 saturated carbocycles. The molecular formula is C14H31N3O. The number of ether oxygens (including phenoxy) is 1. The van der Waals surface area contributed by atoms with E-state index in [0.29, 0.717) is 12.6 Å². The Morgan fingerprint density at radius 2 is 2.00 bits per heavy atom. The molecule has 2 unspecified atom stereocenters. The Morgan fingerprint density at radius 3 is 2.44 bits per heavy atom. The average Bonchev–Trinajstić information content (AvgIpc) is 2.88. The van der Waals surface area contributed by atoms with Gasteiger partial charge in [-0.3, -0.25) is 9.80 Å². The van der Waals surface area contributed by atoms with E-state index in [1.54, 1.807) is 7.11 Å². The monoisotopic (exact) mass is 257 g/mol. The lowest BCUT2D eigenvalue weighted by Gasteiger charge is -2.40. The Labute approximate surface area is 112 Å². The number of hydrogen-bond donors (Lipinski definition) is 1. The van der Waals surface area contributed by atoms with Crippen molar-refractivity contribution in [3.05, 3.63) is 0 Å². The molecule has 1 aliphatic rings. The minimum atomic E-state index is 0.0383. The van der Waals surface area contributed by atoms with Crippen LogP contribution in [0.2, 0.25) is 0 Å². The van der Waals surface area contributed by atoms with Gasteiger partial charge in [-0.2, -0.15) is 0 Å². The molecule has 4 heteroatoms.